The van der Waals surface area contributed by atoms with Gasteiger partial charge in [-0.05, 0) is 32.4 Å². The highest BCUT2D eigenvalue weighted by Crippen LogP contribution is 2.30. The molecule has 0 aromatic carbocycles. The average molecular weight is 419 g/mol. The Balaban J connectivity index is 1.50. The minimum absolute atomic E-state index is 0.197. The molecule has 1 aliphatic rings. The Bertz CT molecular complexity index is 882. The van der Waals surface area contributed by atoms with Crippen LogP contribution in [0.15, 0.2) is 29.5 Å². The summed E-state index contributed by atoms with van der Waals surface area (Å²) < 4.78 is 11.1. The van der Waals surface area contributed by atoms with Gasteiger partial charge in [0, 0.05) is 42.5 Å². The number of aromatic nitrogens is 2. The predicted octanol–water partition coefficient (Wildman–Crippen LogP) is 3.24. The number of aliphatic imine (C=N–C) groups is 1. The highest BCUT2D eigenvalue weighted by atomic mass is 35.5. The molecule has 29 heavy (non-hydrogen) atoms. The van der Waals surface area contributed by atoms with Crippen LogP contribution in [0.1, 0.15) is 36.9 Å². The number of likely N-dealkylation sites (tertiary alicyclic amines) is 1. The standard InChI is InChI=1S/C20H27ClN6O2/c1-13(22)26-20(21)15-4-6-24-19(15)14-5-8-27(12-14)7-3-9-29-16-10-18(23)25-11-17(16)28-2/h4,6,10-11,14,22,24H,3,5,7-9,12H2,1-2H3,(H2,23,25)/b22-13?,26-20+. The van der Waals surface area contributed by atoms with E-state index >= 15 is 0 Å². The van der Waals surface area contributed by atoms with Crippen molar-refractivity contribution in [3.8, 4) is 11.5 Å². The van der Waals surface area contributed by atoms with Crippen LogP contribution in [0.3, 0.4) is 0 Å². The van der Waals surface area contributed by atoms with Crippen molar-refractivity contribution in [3.05, 3.63) is 35.8 Å². The van der Waals surface area contributed by atoms with Crippen molar-refractivity contribution >= 4 is 28.4 Å². The van der Waals surface area contributed by atoms with Crippen molar-refractivity contribution in [2.24, 2.45) is 4.99 Å². The van der Waals surface area contributed by atoms with Gasteiger partial charge in [0.05, 0.1) is 19.9 Å². The topological polar surface area (TPSA) is 113 Å². The fraction of sp³-hybridized carbons (Fsp3) is 0.450. The Morgan fingerprint density at radius 3 is 3.07 bits per heavy atom. The molecule has 1 unspecified atom stereocenters. The summed E-state index contributed by atoms with van der Waals surface area (Å²) in [6, 6.07) is 3.60. The van der Waals surface area contributed by atoms with E-state index in [2.05, 4.69) is 19.9 Å². The fourth-order valence-electron chi connectivity index (χ4n) is 3.55. The van der Waals surface area contributed by atoms with E-state index in [1.807, 2.05) is 12.3 Å². The molecule has 1 aliphatic heterocycles. The summed E-state index contributed by atoms with van der Waals surface area (Å²) in [5, 5.41) is 7.88. The second-order valence-corrected chi connectivity index (χ2v) is 7.40. The van der Waals surface area contributed by atoms with Crippen molar-refractivity contribution in [1.29, 1.82) is 5.41 Å². The van der Waals surface area contributed by atoms with Crippen LogP contribution in [-0.4, -0.2) is 59.2 Å². The third kappa shape index (κ3) is 5.48. The van der Waals surface area contributed by atoms with Crippen molar-refractivity contribution in [3.63, 3.8) is 0 Å². The highest BCUT2D eigenvalue weighted by molar-refractivity contribution is 6.70. The van der Waals surface area contributed by atoms with Crippen LogP contribution in [0.4, 0.5) is 5.82 Å². The van der Waals surface area contributed by atoms with Gasteiger partial charge in [-0.2, -0.15) is 0 Å². The molecule has 0 aliphatic carbocycles. The number of halogens is 1. The number of nitrogen functional groups attached to an aromatic ring is 1. The lowest BCUT2D eigenvalue weighted by Crippen LogP contribution is -2.23. The SMILES string of the molecule is COc1cnc(N)cc1OCCCN1CCC(c2[nH]ccc2/C(Cl)=N\C(C)=N)C1. The van der Waals surface area contributed by atoms with Gasteiger partial charge in [-0.15, -0.1) is 0 Å². The average Bonchev–Trinajstić information content (AvgIpc) is 3.34. The molecule has 4 N–H and O–H groups in total. The van der Waals surface area contributed by atoms with Crippen molar-refractivity contribution < 1.29 is 9.47 Å². The number of ether oxygens (including phenoxy) is 2. The lowest BCUT2D eigenvalue weighted by atomic mass is 10.0. The normalized spacial score (nSPS) is 17.5. The first-order valence-corrected chi connectivity index (χ1v) is 9.97. The number of hydrogen-bond donors (Lipinski definition) is 3. The molecule has 1 saturated heterocycles. The second-order valence-electron chi connectivity index (χ2n) is 7.04. The van der Waals surface area contributed by atoms with Crippen LogP contribution in [0.25, 0.3) is 0 Å². The zero-order valence-electron chi connectivity index (χ0n) is 16.7. The molecule has 9 heteroatoms. The molecule has 0 radical (unpaired) electrons. The summed E-state index contributed by atoms with van der Waals surface area (Å²) in [5.74, 6) is 2.17. The van der Waals surface area contributed by atoms with E-state index in [9.17, 15) is 0 Å². The van der Waals surface area contributed by atoms with Gasteiger partial charge in [-0.25, -0.2) is 9.98 Å². The van der Waals surface area contributed by atoms with E-state index in [0.29, 0.717) is 35.0 Å². The highest BCUT2D eigenvalue weighted by Gasteiger charge is 2.27. The smallest absolute Gasteiger partial charge is 0.179 e. The largest absolute Gasteiger partial charge is 0.491 e. The summed E-state index contributed by atoms with van der Waals surface area (Å²) in [6.45, 7) is 5.10. The molecular formula is C20H27ClN6O2. The molecular weight excluding hydrogens is 392 g/mol. The van der Waals surface area contributed by atoms with Gasteiger partial charge < -0.3 is 25.1 Å². The van der Waals surface area contributed by atoms with Gasteiger partial charge in [-0.3, -0.25) is 5.41 Å². The second kappa shape index (κ2) is 9.76. The molecule has 2 aromatic rings. The Morgan fingerprint density at radius 1 is 1.48 bits per heavy atom. The molecule has 3 heterocycles. The van der Waals surface area contributed by atoms with E-state index in [0.717, 1.165) is 43.7 Å². The van der Waals surface area contributed by atoms with E-state index in [1.54, 1.807) is 26.3 Å². The van der Waals surface area contributed by atoms with Gasteiger partial charge in [0.15, 0.2) is 11.5 Å². The summed E-state index contributed by atoms with van der Waals surface area (Å²) in [5.41, 5.74) is 7.70. The summed E-state index contributed by atoms with van der Waals surface area (Å²) in [4.78, 5) is 13.8. The van der Waals surface area contributed by atoms with Crippen LogP contribution in [0.2, 0.25) is 0 Å². The van der Waals surface area contributed by atoms with Crippen LogP contribution >= 0.6 is 11.6 Å². The minimum Gasteiger partial charge on any atom is -0.491 e. The number of aromatic amines is 1. The molecule has 156 valence electrons. The first-order valence-electron chi connectivity index (χ1n) is 9.59. The summed E-state index contributed by atoms with van der Waals surface area (Å²) >= 11 is 6.29. The Hall–Kier alpha value is -2.58. The van der Waals surface area contributed by atoms with Crippen LogP contribution in [0, 0.1) is 5.41 Å². The zero-order valence-corrected chi connectivity index (χ0v) is 17.5. The number of anilines is 1. The molecule has 0 amide bonds. The Labute approximate surface area is 175 Å². The van der Waals surface area contributed by atoms with E-state index in [-0.39, 0.29) is 5.84 Å². The summed E-state index contributed by atoms with van der Waals surface area (Å²) in [7, 11) is 1.58. The van der Waals surface area contributed by atoms with Gasteiger partial charge in [-0.1, -0.05) is 11.6 Å². The molecule has 2 aromatic heterocycles. The number of nitrogens with one attached hydrogen (secondary N) is 2. The predicted molar refractivity (Wildman–Crippen MR) is 116 cm³/mol. The van der Waals surface area contributed by atoms with E-state index in [4.69, 9.17) is 32.2 Å². The van der Waals surface area contributed by atoms with Crippen LogP contribution in [-0.2, 0) is 0 Å². The molecule has 0 saturated carbocycles. The van der Waals surface area contributed by atoms with Gasteiger partial charge in [0.2, 0.25) is 0 Å². The molecule has 0 spiro atoms. The fourth-order valence-corrected chi connectivity index (χ4v) is 3.85. The van der Waals surface area contributed by atoms with Crippen LogP contribution in [0.5, 0.6) is 11.5 Å². The minimum atomic E-state index is 0.197. The van der Waals surface area contributed by atoms with Gasteiger partial charge >= 0.3 is 0 Å². The molecule has 3 rings (SSSR count). The maximum Gasteiger partial charge on any atom is 0.179 e. The molecule has 0 bridgehead atoms. The maximum atomic E-state index is 7.51. The zero-order chi connectivity index (χ0) is 20.8. The number of rotatable bonds is 8. The Kier molecular flexibility index (Phi) is 7.11. The number of H-pyrrole nitrogens is 1. The lowest BCUT2D eigenvalue weighted by Gasteiger charge is -2.17. The van der Waals surface area contributed by atoms with Crippen molar-refractivity contribution in [2.45, 2.75) is 25.7 Å². The third-order valence-electron chi connectivity index (χ3n) is 4.90. The first-order chi connectivity index (χ1) is 14.0. The van der Waals surface area contributed by atoms with E-state index < -0.39 is 0 Å². The monoisotopic (exact) mass is 418 g/mol. The van der Waals surface area contributed by atoms with Gasteiger partial charge in [0.25, 0.3) is 0 Å². The molecule has 1 fully saturated rings. The van der Waals surface area contributed by atoms with Gasteiger partial charge in [0.1, 0.15) is 16.8 Å². The number of nitrogens with two attached hydrogens (primary N) is 1. The number of hydrogen-bond acceptors (Lipinski definition) is 6. The van der Waals surface area contributed by atoms with E-state index in [1.165, 1.54) is 0 Å². The lowest BCUT2D eigenvalue weighted by molar-refractivity contribution is 0.252. The maximum absolute atomic E-state index is 7.51. The number of methoxy groups -OCH3 is 1. The number of pyridine rings is 1. The number of amidine groups is 1. The third-order valence-corrected chi connectivity index (χ3v) is 5.18. The molecule has 1 atom stereocenters. The van der Waals surface area contributed by atoms with Crippen LogP contribution < -0.4 is 15.2 Å². The number of nitrogens with zero attached hydrogens (tertiary/aromatic N) is 3. The molecule has 8 nitrogen and oxygen atoms in total. The van der Waals surface area contributed by atoms with Crippen molar-refractivity contribution in [1.82, 2.24) is 14.9 Å². The summed E-state index contributed by atoms with van der Waals surface area (Å²) in [6.07, 6.45) is 5.39. The van der Waals surface area contributed by atoms with Crippen molar-refractivity contribution in [2.75, 3.05) is 39.1 Å². The first kappa shape index (κ1) is 21.1. The quantitative estimate of drug-likeness (QED) is 0.346. The Morgan fingerprint density at radius 2 is 2.31 bits per heavy atom.